The number of ether oxygens (including phenoxy) is 1. The Hall–Kier alpha value is -3.91. The van der Waals surface area contributed by atoms with Gasteiger partial charge in [0.05, 0.1) is 23.6 Å². The van der Waals surface area contributed by atoms with Crippen molar-refractivity contribution >= 4 is 28.4 Å². The van der Waals surface area contributed by atoms with Gasteiger partial charge in [-0.25, -0.2) is 0 Å². The molecule has 5 rings (SSSR count). The van der Waals surface area contributed by atoms with Crippen LogP contribution in [0.15, 0.2) is 84.0 Å². The molecular weight excluding hydrogens is 458 g/mol. The second-order valence-electron chi connectivity index (χ2n) is 7.84. The molecule has 0 aliphatic heterocycles. The number of carbonyl (C=O) groups is 1. The van der Waals surface area contributed by atoms with E-state index in [9.17, 15) is 4.79 Å². The highest BCUT2D eigenvalue weighted by molar-refractivity contribution is 7.99. The van der Waals surface area contributed by atoms with E-state index >= 15 is 0 Å². The van der Waals surface area contributed by atoms with Gasteiger partial charge in [0.2, 0.25) is 5.16 Å². The van der Waals surface area contributed by atoms with Gasteiger partial charge in [0.1, 0.15) is 11.4 Å². The Labute approximate surface area is 207 Å². The average Bonchev–Trinajstić information content (AvgIpc) is 3.50. The summed E-state index contributed by atoms with van der Waals surface area (Å²) in [6, 6.07) is 25.8. The number of aromatic nitrogens is 5. The highest BCUT2D eigenvalue weighted by atomic mass is 32.2. The van der Waals surface area contributed by atoms with Gasteiger partial charge < -0.3 is 9.30 Å². The summed E-state index contributed by atoms with van der Waals surface area (Å²) in [6.45, 7) is 5.33. The van der Waals surface area contributed by atoms with Crippen molar-refractivity contribution in [3.8, 4) is 22.7 Å². The van der Waals surface area contributed by atoms with E-state index in [1.54, 1.807) is 4.68 Å². The van der Waals surface area contributed by atoms with Crippen molar-refractivity contribution in [3.63, 3.8) is 0 Å². The van der Waals surface area contributed by atoms with Gasteiger partial charge in [0.25, 0.3) is 0 Å². The number of thioether (sulfide) groups is 1. The largest absolute Gasteiger partial charge is 0.492 e. The number of nitrogens with zero attached hydrogens (tertiary/aromatic N) is 5. The highest BCUT2D eigenvalue weighted by Gasteiger charge is 2.24. The van der Waals surface area contributed by atoms with Gasteiger partial charge in [-0.05, 0) is 48.0 Å². The van der Waals surface area contributed by atoms with E-state index in [1.165, 1.54) is 11.8 Å². The molecule has 0 saturated carbocycles. The quantitative estimate of drug-likeness (QED) is 0.198. The van der Waals surface area contributed by atoms with Crippen LogP contribution in [0.1, 0.15) is 24.2 Å². The van der Waals surface area contributed by atoms with E-state index in [2.05, 4.69) is 45.2 Å². The monoisotopic (exact) mass is 483 g/mol. The van der Waals surface area contributed by atoms with Gasteiger partial charge in [-0.15, -0.1) is 5.10 Å². The molecule has 0 aliphatic rings. The van der Waals surface area contributed by atoms with E-state index < -0.39 is 0 Å². The lowest BCUT2D eigenvalue weighted by Gasteiger charge is -2.11. The van der Waals surface area contributed by atoms with Crippen LogP contribution < -0.4 is 4.74 Å². The molecule has 0 saturated heterocycles. The molecule has 0 aliphatic carbocycles. The Kier molecular flexibility index (Phi) is 6.63. The Morgan fingerprint density at radius 2 is 1.69 bits per heavy atom. The summed E-state index contributed by atoms with van der Waals surface area (Å²) in [4.78, 5) is 13.8. The molecule has 35 heavy (non-hydrogen) atoms. The fourth-order valence-corrected chi connectivity index (χ4v) is 5.10. The van der Waals surface area contributed by atoms with Crippen LogP contribution in [0.5, 0.6) is 5.75 Å². The maximum absolute atomic E-state index is 13.8. The zero-order valence-corrected chi connectivity index (χ0v) is 20.4. The van der Waals surface area contributed by atoms with Gasteiger partial charge in [0, 0.05) is 17.4 Å². The fraction of sp³-hybridized carbons (Fsp3) is 0.185. The van der Waals surface area contributed by atoms with Crippen molar-refractivity contribution in [2.45, 2.75) is 25.5 Å². The van der Waals surface area contributed by atoms with Gasteiger partial charge >= 0.3 is 0 Å². The lowest BCUT2D eigenvalue weighted by atomic mass is 10.0. The lowest BCUT2D eigenvalue weighted by molar-refractivity contribution is 0.102. The predicted molar refractivity (Wildman–Crippen MR) is 138 cm³/mol. The third kappa shape index (κ3) is 4.33. The van der Waals surface area contributed by atoms with Gasteiger partial charge in [0.15, 0.2) is 5.78 Å². The second-order valence-corrected chi connectivity index (χ2v) is 8.78. The molecule has 3 aromatic carbocycles. The smallest absolute Gasteiger partial charge is 0.214 e. The first-order chi connectivity index (χ1) is 17.2. The van der Waals surface area contributed by atoms with Crippen molar-refractivity contribution in [1.29, 1.82) is 0 Å². The SMILES string of the molecule is CCOc1ccccc1-n1nnnc1SCC(=O)c1c(-c2ccccc2)n(CC)c2ccccc12. The molecule has 2 heterocycles. The Morgan fingerprint density at radius 3 is 2.49 bits per heavy atom. The number of Topliss-reactive ketones (excluding diaryl/α,β-unsaturated/α-hetero) is 1. The summed E-state index contributed by atoms with van der Waals surface area (Å²) in [5, 5.41) is 13.7. The number of ketones is 1. The normalized spacial score (nSPS) is 11.1. The van der Waals surface area contributed by atoms with Crippen molar-refractivity contribution < 1.29 is 9.53 Å². The minimum Gasteiger partial charge on any atom is -0.492 e. The van der Waals surface area contributed by atoms with Crippen molar-refractivity contribution in [3.05, 3.63) is 84.4 Å². The van der Waals surface area contributed by atoms with Crippen molar-refractivity contribution in [1.82, 2.24) is 24.8 Å². The number of hydrogen-bond donors (Lipinski definition) is 0. The molecule has 5 aromatic rings. The number of tetrazole rings is 1. The predicted octanol–water partition coefficient (Wildman–Crippen LogP) is 5.68. The number of rotatable bonds is 9. The van der Waals surface area contributed by atoms with E-state index in [1.807, 2.05) is 67.6 Å². The first-order valence-corrected chi connectivity index (χ1v) is 12.5. The van der Waals surface area contributed by atoms with Crippen molar-refractivity contribution in [2.24, 2.45) is 0 Å². The second kappa shape index (κ2) is 10.1. The Balaban J connectivity index is 1.51. The van der Waals surface area contributed by atoms with E-state index in [4.69, 9.17) is 4.74 Å². The standard InChI is InChI=1S/C27H25N5O2S/c1-3-31-21-15-9-8-14-20(21)25(26(31)19-12-6-5-7-13-19)23(33)18-35-27-28-29-30-32(27)22-16-10-11-17-24(22)34-4-2/h5-17H,3-4,18H2,1-2H3. The summed E-state index contributed by atoms with van der Waals surface area (Å²) in [6.07, 6.45) is 0. The fourth-order valence-electron chi connectivity index (χ4n) is 4.34. The van der Waals surface area contributed by atoms with Crippen LogP contribution in [-0.4, -0.2) is 42.9 Å². The molecule has 2 aromatic heterocycles. The first kappa shape index (κ1) is 22.9. The summed E-state index contributed by atoms with van der Waals surface area (Å²) in [5.41, 5.74) is 4.49. The maximum atomic E-state index is 13.8. The third-order valence-corrected chi connectivity index (χ3v) is 6.70. The van der Waals surface area contributed by atoms with Crippen LogP contribution in [0.2, 0.25) is 0 Å². The van der Waals surface area contributed by atoms with Gasteiger partial charge in [-0.1, -0.05) is 72.4 Å². The minimum absolute atomic E-state index is 0.0323. The number of benzene rings is 3. The molecule has 0 atom stereocenters. The molecule has 8 heteroatoms. The zero-order valence-electron chi connectivity index (χ0n) is 19.6. The number of carbonyl (C=O) groups excluding carboxylic acids is 1. The Morgan fingerprint density at radius 1 is 0.943 bits per heavy atom. The molecule has 0 N–H and O–H groups in total. The summed E-state index contributed by atoms with van der Waals surface area (Å²) in [7, 11) is 0. The topological polar surface area (TPSA) is 74.8 Å². The molecule has 0 fully saturated rings. The molecular formula is C27H25N5O2S. The molecule has 176 valence electrons. The van der Waals surface area contributed by atoms with Crippen LogP contribution in [0.4, 0.5) is 0 Å². The first-order valence-electron chi connectivity index (χ1n) is 11.6. The van der Waals surface area contributed by atoms with Crippen LogP contribution in [0.3, 0.4) is 0 Å². The summed E-state index contributed by atoms with van der Waals surface area (Å²) in [5.74, 6) is 0.923. The number of para-hydroxylation sites is 3. The number of aryl methyl sites for hydroxylation is 1. The van der Waals surface area contributed by atoms with Gasteiger partial charge in [-0.3, -0.25) is 4.79 Å². The van der Waals surface area contributed by atoms with Crippen LogP contribution in [0, 0.1) is 0 Å². The zero-order chi connectivity index (χ0) is 24.2. The summed E-state index contributed by atoms with van der Waals surface area (Å²) >= 11 is 1.32. The molecule has 0 spiro atoms. The van der Waals surface area contributed by atoms with E-state index in [-0.39, 0.29) is 11.5 Å². The van der Waals surface area contributed by atoms with Crippen LogP contribution >= 0.6 is 11.8 Å². The molecule has 0 unspecified atom stereocenters. The highest BCUT2D eigenvalue weighted by Crippen LogP contribution is 2.35. The summed E-state index contributed by atoms with van der Waals surface area (Å²) < 4.78 is 9.58. The molecule has 0 radical (unpaired) electrons. The minimum atomic E-state index is 0.0323. The van der Waals surface area contributed by atoms with Crippen LogP contribution in [0.25, 0.3) is 27.8 Å². The Bertz CT molecular complexity index is 1480. The van der Waals surface area contributed by atoms with Crippen LogP contribution in [-0.2, 0) is 6.54 Å². The number of fused-ring (bicyclic) bond motifs is 1. The lowest BCUT2D eigenvalue weighted by Crippen LogP contribution is -2.08. The average molecular weight is 484 g/mol. The number of hydrogen-bond acceptors (Lipinski definition) is 6. The van der Waals surface area contributed by atoms with E-state index in [0.717, 1.165) is 40.0 Å². The van der Waals surface area contributed by atoms with E-state index in [0.29, 0.717) is 17.5 Å². The molecule has 0 bridgehead atoms. The van der Waals surface area contributed by atoms with Gasteiger partial charge in [-0.2, -0.15) is 4.68 Å². The van der Waals surface area contributed by atoms with Crippen molar-refractivity contribution in [2.75, 3.05) is 12.4 Å². The molecule has 7 nitrogen and oxygen atoms in total. The third-order valence-electron chi connectivity index (χ3n) is 5.78. The maximum Gasteiger partial charge on any atom is 0.214 e. The molecule has 0 amide bonds.